The van der Waals surface area contributed by atoms with E-state index in [1.807, 2.05) is 17.1 Å². The Kier molecular flexibility index (Phi) is 4.51. The minimum atomic E-state index is -0.0460. The SMILES string of the molecule is CC(C)(CCCn1cc(I)cn1)C(N)=S. The highest BCUT2D eigenvalue weighted by Gasteiger charge is 2.20. The number of hydrogen-bond acceptors (Lipinski definition) is 2. The molecule has 0 atom stereocenters. The third-order valence-corrected chi connectivity index (χ3v) is 3.57. The minimum Gasteiger partial charge on any atom is -0.393 e. The zero-order valence-corrected chi connectivity index (χ0v) is 12.0. The number of hydrogen-bond donors (Lipinski definition) is 1. The van der Waals surface area contributed by atoms with Gasteiger partial charge in [-0.3, -0.25) is 4.68 Å². The van der Waals surface area contributed by atoms with Crippen molar-refractivity contribution in [2.24, 2.45) is 11.1 Å². The highest BCUT2D eigenvalue weighted by molar-refractivity contribution is 14.1. The van der Waals surface area contributed by atoms with E-state index in [0.29, 0.717) is 4.99 Å². The molecule has 1 aromatic rings. The number of rotatable bonds is 5. The molecule has 0 unspecified atom stereocenters. The van der Waals surface area contributed by atoms with Crippen molar-refractivity contribution in [3.8, 4) is 0 Å². The quantitative estimate of drug-likeness (QED) is 0.663. The molecule has 84 valence electrons. The Morgan fingerprint density at radius 3 is 2.80 bits per heavy atom. The predicted molar refractivity (Wildman–Crippen MR) is 74.7 cm³/mol. The maximum atomic E-state index is 5.66. The molecule has 1 rings (SSSR count). The Labute approximate surface area is 110 Å². The van der Waals surface area contributed by atoms with Gasteiger partial charge >= 0.3 is 0 Å². The maximum absolute atomic E-state index is 5.66. The fraction of sp³-hybridized carbons (Fsp3) is 0.600. The summed E-state index contributed by atoms with van der Waals surface area (Å²) in [6.07, 6.45) is 5.94. The van der Waals surface area contributed by atoms with Gasteiger partial charge in [0.25, 0.3) is 0 Å². The van der Waals surface area contributed by atoms with Gasteiger partial charge in [-0.25, -0.2) is 0 Å². The van der Waals surface area contributed by atoms with Gasteiger partial charge in [0.15, 0.2) is 0 Å². The Morgan fingerprint density at radius 2 is 2.33 bits per heavy atom. The molecule has 0 aliphatic carbocycles. The molecule has 0 fully saturated rings. The van der Waals surface area contributed by atoms with E-state index in [-0.39, 0.29) is 5.41 Å². The number of thiocarbonyl (C=S) groups is 1. The summed E-state index contributed by atoms with van der Waals surface area (Å²) >= 11 is 7.28. The van der Waals surface area contributed by atoms with Gasteiger partial charge in [0, 0.05) is 18.2 Å². The first-order valence-corrected chi connectivity index (χ1v) is 6.38. The molecule has 0 aromatic carbocycles. The van der Waals surface area contributed by atoms with Gasteiger partial charge in [0.1, 0.15) is 0 Å². The van der Waals surface area contributed by atoms with Crippen LogP contribution in [0.2, 0.25) is 0 Å². The van der Waals surface area contributed by atoms with Crippen LogP contribution in [0.1, 0.15) is 26.7 Å². The smallest absolute Gasteiger partial charge is 0.0784 e. The van der Waals surface area contributed by atoms with E-state index in [1.54, 1.807) is 0 Å². The molecule has 2 N–H and O–H groups in total. The lowest BCUT2D eigenvalue weighted by Crippen LogP contribution is -2.29. The fourth-order valence-electron chi connectivity index (χ4n) is 1.27. The van der Waals surface area contributed by atoms with Gasteiger partial charge in [0.05, 0.1) is 14.8 Å². The number of aromatic nitrogens is 2. The molecule has 3 nitrogen and oxygen atoms in total. The fourth-order valence-corrected chi connectivity index (χ4v) is 1.81. The summed E-state index contributed by atoms with van der Waals surface area (Å²) in [4.78, 5) is 0.595. The molecular formula is C10H16IN3S. The highest BCUT2D eigenvalue weighted by Crippen LogP contribution is 2.22. The van der Waals surface area contributed by atoms with Gasteiger partial charge in [-0.15, -0.1) is 0 Å². The highest BCUT2D eigenvalue weighted by atomic mass is 127. The Morgan fingerprint density at radius 1 is 1.67 bits per heavy atom. The number of nitrogens with two attached hydrogens (primary N) is 1. The summed E-state index contributed by atoms with van der Waals surface area (Å²) in [5.41, 5.74) is 5.62. The first-order valence-electron chi connectivity index (χ1n) is 4.90. The predicted octanol–water partition coefficient (Wildman–Crippen LogP) is 2.58. The summed E-state index contributed by atoms with van der Waals surface area (Å²) in [5, 5.41) is 4.23. The average Bonchev–Trinajstić information content (AvgIpc) is 2.51. The molecule has 15 heavy (non-hydrogen) atoms. The van der Waals surface area contributed by atoms with E-state index >= 15 is 0 Å². The largest absolute Gasteiger partial charge is 0.393 e. The zero-order chi connectivity index (χ0) is 11.5. The van der Waals surface area contributed by atoms with Crippen molar-refractivity contribution < 1.29 is 0 Å². The van der Waals surface area contributed by atoms with Crippen LogP contribution < -0.4 is 5.73 Å². The molecule has 0 saturated carbocycles. The van der Waals surface area contributed by atoms with Crippen molar-refractivity contribution in [1.82, 2.24) is 9.78 Å². The molecule has 0 spiro atoms. The van der Waals surface area contributed by atoms with Crippen LogP contribution in [0.25, 0.3) is 0 Å². The second kappa shape index (κ2) is 5.25. The normalized spacial score (nSPS) is 11.7. The van der Waals surface area contributed by atoms with Crippen LogP contribution in [0.4, 0.5) is 0 Å². The van der Waals surface area contributed by atoms with Gasteiger partial charge in [0.2, 0.25) is 0 Å². The lowest BCUT2D eigenvalue weighted by molar-refractivity contribution is 0.426. The van der Waals surface area contributed by atoms with Gasteiger partial charge in [-0.05, 0) is 35.4 Å². The third kappa shape index (κ3) is 4.06. The zero-order valence-electron chi connectivity index (χ0n) is 9.03. The van der Waals surface area contributed by atoms with Crippen LogP contribution >= 0.6 is 34.8 Å². The van der Waals surface area contributed by atoms with Crippen molar-refractivity contribution in [1.29, 1.82) is 0 Å². The van der Waals surface area contributed by atoms with Crippen LogP contribution in [0.15, 0.2) is 12.4 Å². The van der Waals surface area contributed by atoms with Crippen molar-refractivity contribution >= 4 is 39.8 Å². The maximum Gasteiger partial charge on any atom is 0.0784 e. The number of aryl methyl sites for hydroxylation is 1. The Hall–Kier alpha value is -0.170. The lowest BCUT2D eigenvalue weighted by Gasteiger charge is -2.22. The Bertz CT molecular complexity index is 346. The van der Waals surface area contributed by atoms with E-state index in [2.05, 4.69) is 41.5 Å². The number of halogens is 1. The summed E-state index contributed by atoms with van der Waals surface area (Å²) in [7, 11) is 0. The molecular weight excluding hydrogens is 321 g/mol. The molecule has 1 aromatic heterocycles. The van der Waals surface area contributed by atoms with Crippen LogP contribution in [-0.4, -0.2) is 14.8 Å². The van der Waals surface area contributed by atoms with Gasteiger partial charge in [-0.1, -0.05) is 26.1 Å². The molecule has 0 aliphatic heterocycles. The van der Waals surface area contributed by atoms with Crippen molar-refractivity contribution in [3.63, 3.8) is 0 Å². The Balaban J connectivity index is 2.36. The van der Waals surface area contributed by atoms with Crippen molar-refractivity contribution in [2.45, 2.75) is 33.2 Å². The van der Waals surface area contributed by atoms with E-state index in [4.69, 9.17) is 18.0 Å². The van der Waals surface area contributed by atoms with Crippen molar-refractivity contribution in [3.05, 3.63) is 16.0 Å². The molecule has 0 amide bonds. The van der Waals surface area contributed by atoms with E-state index in [0.717, 1.165) is 19.4 Å². The molecule has 0 bridgehead atoms. The van der Waals surface area contributed by atoms with E-state index in [1.165, 1.54) is 3.57 Å². The number of nitrogens with zero attached hydrogens (tertiary/aromatic N) is 2. The average molecular weight is 337 g/mol. The molecule has 0 aliphatic rings. The molecule has 1 heterocycles. The summed E-state index contributed by atoms with van der Waals surface area (Å²) in [6.45, 7) is 5.10. The van der Waals surface area contributed by atoms with Crippen molar-refractivity contribution in [2.75, 3.05) is 0 Å². The summed E-state index contributed by atoms with van der Waals surface area (Å²) < 4.78 is 3.12. The summed E-state index contributed by atoms with van der Waals surface area (Å²) in [6, 6.07) is 0. The molecule has 0 saturated heterocycles. The topological polar surface area (TPSA) is 43.8 Å². The van der Waals surface area contributed by atoms with Crippen LogP contribution in [0.5, 0.6) is 0 Å². The summed E-state index contributed by atoms with van der Waals surface area (Å²) in [5.74, 6) is 0. The van der Waals surface area contributed by atoms with Gasteiger partial charge in [-0.2, -0.15) is 5.10 Å². The lowest BCUT2D eigenvalue weighted by atomic mass is 9.88. The van der Waals surface area contributed by atoms with Crippen LogP contribution in [-0.2, 0) is 6.54 Å². The van der Waals surface area contributed by atoms with Gasteiger partial charge < -0.3 is 5.73 Å². The third-order valence-electron chi connectivity index (χ3n) is 2.46. The molecule has 5 heteroatoms. The van der Waals surface area contributed by atoms with E-state index < -0.39 is 0 Å². The first kappa shape index (κ1) is 12.9. The molecule has 0 radical (unpaired) electrons. The first-order chi connectivity index (χ1) is 6.92. The van der Waals surface area contributed by atoms with Crippen LogP contribution in [0.3, 0.4) is 0 Å². The second-order valence-electron chi connectivity index (χ2n) is 4.27. The van der Waals surface area contributed by atoms with Crippen LogP contribution in [0, 0.1) is 8.99 Å². The second-order valence-corrected chi connectivity index (χ2v) is 5.96. The monoisotopic (exact) mass is 337 g/mol. The van der Waals surface area contributed by atoms with E-state index in [9.17, 15) is 0 Å². The minimum absolute atomic E-state index is 0.0460. The standard InChI is InChI=1S/C10H16IN3S/c1-10(2,9(12)15)4-3-5-14-7-8(11)6-13-14/h6-7H,3-5H2,1-2H3,(H2,12,15).